The monoisotopic (exact) mass is 375 g/mol. The highest BCUT2D eigenvalue weighted by molar-refractivity contribution is 7.80. The molecule has 1 aromatic carbocycles. The lowest BCUT2D eigenvalue weighted by atomic mass is 10.1. The summed E-state index contributed by atoms with van der Waals surface area (Å²) in [6, 6.07) is 4.03. The number of azo groups is 1. The lowest BCUT2D eigenvalue weighted by Gasteiger charge is -2.26. The Morgan fingerprint density at radius 1 is 1.35 bits per heavy atom. The number of aromatic hydroxyl groups is 1. The van der Waals surface area contributed by atoms with E-state index in [1.807, 2.05) is 19.9 Å². The number of hydrogen-bond acceptors (Lipinski definition) is 5. The first-order valence-electron chi connectivity index (χ1n) is 8.86. The van der Waals surface area contributed by atoms with Gasteiger partial charge in [-0.2, -0.15) is 0 Å². The van der Waals surface area contributed by atoms with E-state index in [1.165, 1.54) is 0 Å². The van der Waals surface area contributed by atoms with Crippen LogP contribution >= 0.6 is 12.2 Å². The molecule has 140 valence electrons. The molecule has 0 saturated carbocycles. The van der Waals surface area contributed by atoms with Gasteiger partial charge in [-0.1, -0.05) is 11.6 Å². The number of aromatic nitrogens is 1. The fourth-order valence-corrected chi connectivity index (χ4v) is 3.32. The van der Waals surface area contributed by atoms with Crippen molar-refractivity contribution in [2.24, 2.45) is 10.2 Å². The molecule has 7 nitrogen and oxygen atoms in total. The molecule has 0 spiro atoms. The van der Waals surface area contributed by atoms with Crippen LogP contribution in [0.5, 0.6) is 5.88 Å². The Hall–Kier alpha value is -2.03. The SMILES string of the molecule is Cc1cc(C)c2[nH]c(O)c(N=NC(=S)NCCCN3CCOCC3)c2c1. The summed E-state index contributed by atoms with van der Waals surface area (Å²) in [5.74, 6) is 0.00701. The first kappa shape index (κ1) is 18.8. The minimum atomic E-state index is 0.00701. The van der Waals surface area contributed by atoms with Gasteiger partial charge in [-0.05, 0) is 50.7 Å². The van der Waals surface area contributed by atoms with Gasteiger partial charge in [0.2, 0.25) is 11.0 Å². The lowest BCUT2D eigenvalue weighted by Crippen LogP contribution is -2.37. The van der Waals surface area contributed by atoms with Gasteiger partial charge in [-0.3, -0.25) is 4.90 Å². The normalized spacial score (nSPS) is 15.8. The van der Waals surface area contributed by atoms with Gasteiger partial charge in [0.15, 0.2) is 5.69 Å². The van der Waals surface area contributed by atoms with E-state index >= 15 is 0 Å². The average Bonchev–Trinajstić information content (AvgIpc) is 2.94. The van der Waals surface area contributed by atoms with Crippen LogP contribution in [0.15, 0.2) is 22.4 Å². The van der Waals surface area contributed by atoms with Gasteiger partial charge in [0.05, 0.1) is 18.7 Å². The van der Waals surface area contributed by atoms with E-state index < -0.39 is 0 Å². The van der Waals surface area contributed by atoms with Crippen molar-refractivity contribution < 1.29 is 9.84 Å². The molecule has 0 aliphatic carbocycles. The van der Waals surface area contributed by atoms with Crippen LogP contribution < -0.4 is 5.32 Å². The zero-order valence-electron chi connectivity index (χ0n) is 15.2. The third-order valence-electron chi connectivity index (χ3n) is 4.47. The van der Waals surface area contributed by atoms with Crippen LogP contribution in [-0.4, -0.2) is 59.5 Å². The summed E-state index contributed by atoms with van der Waals surface area (Å²) >= 11 is 5.22. The number of fused-ring (bicyclic) bond motifs is 1. The van der Waals surface area contributed by atoms with Crippen LogP contribution in [0.25, 0.3) is 10.9 Å². The molecule has 0 amide bonds. The van der Waals surface area contributed by atoms with Crippen molar-refractivity contribution in [3.63, 3.8) is 0 Å². The number of rotatable bonds is 5. The molecule has 0 radical (unpaired) electrons. The molecule has 8 heteroatoms. The Balaban J connectivity index is 1.55. The summed E-state index contributed by atoms with van der Waals surface area (Å²) in [4.78, 5) is 5.34. The van der Waals surface area contributed by atoms with Gasteiger partial charge >= 0.3 is 0 Å². The number of ether oxygens (including phenoxy) is 1. The number of hydrogen-bond donors (Lipinski definition) is 3. The number of H-pyrrole nitrogens is 1. The summed E-state index contributed by atoms with van der Waals surface area (Å²) in [5, 5.41) is 22.6. The average molecular weight is 375 g/mol. The maximum atomic E-state index is 10.1. The van der Waals surface area contributed by atoms with Crippen LogP contribution in [0.1, 0.15) is 17.5 Å². The first-order valence-corrected chi connectivity index (χ1v) is 9.27. The summed E-state index contributed by atoms with van der Waals surface area (Å²) in [6.07, 6.45) is 0.979. The van der Waals surface area contributed by atoms with Crippen LogP contribution in [0.3, 0.4) is 0 Å². The van der Waals surface area contributed by atoms with Crippen molar-refractivity contribution in [2.45, 2.75) is 20.3 Å². The van der Waals surface area contributed by atoms with Gasteiger partial charge in [-0.25, -0.2) is 0 Å². The number of nitrogens with one attached hydrogen (secondary N) is 2. The van der Waals surface area contributed by atoms with E-state index in [-0.39, 0.29) is 5.88 Å². The maximum Gasteiger partial charge on any atom is 0.218 e. The van der Waals surface area contributed by atoms with Crippen LogP contribution in [-0.2, 0) is 4.74 Å². The zero-order chi connectivity index (χ0) is 18.5. The van der Waals surface area contributed by atoms with Crippen molar-refractivity contribution in [3.8, 4) is 5.88 Å². The van der Waals surface area contributed by atoms with Crippen LogP contribution in [0, 0.1) is 13.8 Å². The van der Waals surface area contributed by atoms with E-state index in [0.29, 0.717) is 10.8 Å². The number of morpholine rings is 1. The van der Waals surface area contributed by atoms with Crippen molar-refractivity contribution in [2.75, 3.05) is 39.4 Å². The molecule has 3 N–H and O–H groups in total. The molecule has 2 aromatic rings. The molecule has 0 unspecified atom stereocenters. The molecule has 1 saturated heterocycles. The molecule has 0 atom stereocenters. The van der Waals surface area contributed by atoms with Crippen LogP contribution in [0.2, 0.25) is 0 Å². The van der Waals surface area contributed by atoms with Gasteiger partial charge in [0, 0.05) is 25.0 Å². The first-order chi connectivity index (χ1) is 12.5. The fourth-order valence-electron chi connectivity index (χ4n) is 3.18. The molecule has 1 aliphatic heterocycles. The number of thiocarbonyl (C=S) groups is 1. The molecule has 2 heterocycles. The maximum absolute atomic E-state index is 10.1. The molecule has 1 aromatic heterocycles. The number of aromatic amines is 1. The third kappa shape index (κ3) is 4.57. The smallest absolute Gasteiger partial charge is 0.218 e. The zero-order valence-corrected chi connectivity index (χ0v) is 16.0. The van der Waals surface area contributed by atoms with E-state index in [1.54, 1.807) is 0 Å². The van der Waals surface area contributed by atoms with Crippen molar-refractivity contribution in [1.82, 2.24) is 15.2 Å². The van der Waals surface area contributed by atoms with Crippen LogP contribution in [0.4, 0.5) is 5.69 Å². The number of benzene rings is 1. The third-order valence-corrected chi connectivity index (χ3v) is 4.70. The Morgan fingerprint density at radius 3 is 2.88 bits per heavy atom. The summed E-state index contributed by atoms with van der Waals surface area (Å²) in [7, 11) is 0. The summed E-state index contributed by atoms with van der Waals surface area (Å²) in [6.45, 7) is 9.36. The largest absolute Gasteiger partial charge is 0.493 e. The highest BCUT2D eigenvalue weighted by atomic mass is 32.1. The molecule has 0 bridgehead atoms. The number of aryl methyl sites for hydroxylation is 2. The lowest BCUT2D eigenvalue weighted by molar-refractivity contribution is 0.0376. The summed E-state index contributed by atoms with van der Waals surface area (Å²) < 4.78 is 5.34. The molecular formula is C18H25N5O2S. The van der Waals surface area contributed by atoms with Crippen molar-refractivity contribution >= 4 is 33.9 Å². The predicted octanol–water partition coefficient (Wildman–Crippen LogP) is 3.17. The molecule has 3 rings (SSSR count). The molecule has 26 heavy (non-hydrogen) atoms. The highest BCUT2D eigenvalue weighted by Crippen LogP contribution is 2.37. The Labute approximate surface area is 158 Å². The van der Waals surface area contributed by atoms with E-state index in [2.05, 4.69) is 31.5 Å². The van der Waals surface area contributed by atoms with Gasteiger partial charge < -0.3 is 20.1 Å². The van der Waals surface area contributed by atoms with E-state index in [9.17, 15) is 5.11 Å². The highest BCUT2D eigenvalue weighted by Gasteiger charge is 2.13. The fraction of sp³-hybridized carbons (Fsp3) is 0.500. The van der Waals surface area contributed by atoms with Crippen molar-refractivity contribution in [3.05, 3.63) is 23.3 Å². The quantitative estimate of drug-likeness (QED) is 0.425. The van der Waals surface area contributed by atoms with E-state index in [4.69, 9.17) is 17.0 Å². The molecule has 1 fully saturated rings. The Morgan fingerprint density at radius 2 is 2.12 bits per heavy atom. The molecular weight excluding hydrogens is 350 g/mol. The second kappa shape index (κ2) is 8.57. The standard InChI is InChI=1S/C18H25N5O2S/c1-12-10-13(2)15-14(11-12)16(17(24)20-15)21-22-18(26)19-4-3-5-23-6-8-25-9-7-23/h10-11,20,24H,3-9H2,1-2H3,(H,19,26). The van der Waals surface area contributed by atoms with Gasteiger partial charge in [0.25, 0.3) is 0 Å². The second-order valence-corrected chi connectivity index (χ2v) is 6.95. The predicted molar refractivity (Wildman–Crippen MR) is 106 cm³/mol. The molecule has 1 aliphatic rings. The Kier molecular flexibility index (Phi) is 6.18. The van der Waals surface area contributed by atoms with E-state index in [0.717, 1.165) is 67.8 Å². The van der Waals surface area contributed by atoms with Gasteiger partial charge in [0.1, 0.15) is 0 Å². The second-order valence-electron chi connectivity index (χ2n) is 6.57. The minimum Gasteiger partial charge on any atom is -0.493 e. The number of nitrogens with zero attached hydrogens (tertiary/aromatic N) is 3. The minimum absolute atomic E-state index is 0.00701. The summed E-state index contributed by atoms with van der Waals surface area (Å²) in [5.41, 5.74) is 3.45. The van der Waals surface area contributed by atoms with Crippen molar-refractivity contribution in [1.29, 1.82) is 0 Å². The Bertz CT molecular complexity index is 812. The topological polar surface area (TPSA) is 85.2 Å². The van der Waals surface area contributed by atoms with Gasteiger partial charge in [-0.15, -0.1) is 10.2 Å².